The molecule has 2 aliphatic rings. The molecule has 6 nitrogen and oxygen atoms in total. The van der Waals surface area contributed by atoms with Crippen molar-refractivity contribution >= 4 is 17.5 Å². The van der Waals surface area contributed by atoms with Crippen LogP contribution in [0.15, 0.2) is 30.7 Å². The topological polar surface area (TPSA) is 71.0 Å². The Hall–Kier alpha value is -2.21. The molecular weight excluding hydrogens is 236 g/mol. The lowest BCUT2D eigenvalue weighted by Crippen LogP contribution is -2.25. The van der Waals surface area contributed by atoms with Gasteiger partial charge in [-0.2, -0.15) is 0 Å². The van der Waals surface area contributed by atoms with Crippen molar-refractivity contribution in [1.82, 2.24) is 0 Å². The third-order valence-corrected chi connectivity index (χ3v) is 2.85. The summed E-state index contributed by atoms with van der Waals surface area (Å²) in [5.74, 6) is 0.701. The SMILES string of the molecule is O=C1O[C@H](CO)CN1c1ccc2c(c1)NC=CO2. The maximum atomic E-state index is 11.6. The lowest BCUT2D eigenvalue weighted by atomic mass is 10.2. The van der Waals surface area contributed by atoms with Crippen LogP contribution in [0.2, 0.25) is 0 Å². The Kier molecular flexibility index (Phi) is 2.56. The molecule has 1 atom stereocenters. The van der Waals surface area contributed by atoms with Gasteiger partial charge >= 0.3 is 6.09 Å². The van der Waals surface area contributed by atoms with E-state index in [9.17, 15) is 4.79 Å². The number of anilines is 2. The van der Waals surface area contributed by atoms with Crippen molar-refractivity contribution in [3.05, 3.63) is 30.7 Å². The molecule has 2 aliphatic heterocycles. The van der Waals surface area contributed by atoms with Crippen LogP contribution in [0.3, 0.4) is 0 Å². The number of fused-ring (bicyclic) bond motifs is 1. The molecule has 1 saturated heterocycles. The molecule has 18 heavy (non-hydrogen) atoms. The van der Waals surface area contributed by atoms with Gasteiger partial charge in [0.05, 0.1) is 18.8 Å². The molecule has 1 aromatic rings. The van der Waals surface area contributed by atoms with Crippen LogP contribution in [0.4, 0.5) is 16.2 Å². The van der Waals surface area contributed by atoms with E-state index in [0.717, 1.165) is 5.69 Å². The monoisotopic (exact) mass is 248 g/mol. The summed E-state index contributed by atoms with van der Waals surface area (Å²) in [6.07, 6.45) is 2.32. The highest BCUT2D eigenvalue weighted by molar-refractivity contribution is 5.91. The van der Waals surface area contributed by atoms with Gasteiger partial charge in [-0.1, -0.05) is 0 Å². The van der Waals surface area contributed by atoms with Crippen LogP contribution in [0.5, 0.6) is 5.75 Å². The predicted molar refractivity (Wildman–Crippen MR) is 64.5 cm³/mol. The van der Waals surface area contributed by atoms with Crippen LogP contribution in [0, 0.1) is 0 Å². The van der Waals surface area contributed by atoms with E-state index in [2.05, 4.69) is 5.32 Å². The quantitative estimate of drug-likeness (QED) is 0.825. The van der Waals surface area contributed by atoms with E-state index in [1.54, 1.807) is 30.7 Å². The van der Waals surface area contributed by atoms with Gasteiger partial charge in [-0.15, -0.1) is 0 Å². The fraction of sp³-hybridized carbons (Fsp3) is 0.250. The van der Waals surface area contributed by atoms with Crippen LogP contribution in [0.1, 0.15) is 0 Å². The summed E-state index contributed by atoms with van der Waals surface area (Å²) in [4.78, 5) is 13.1. The zero-order chi connectivity index (χ0) is 12.5. The summed E-state index contributed by atoms with van der Waals surface area (Å²) >= 11 is 0. The average molecular weight is 248 g/mol. The largest absolute Gasteiger partial charge is 0.461 e. The van der Waals surface area contributed by atoms with Crippen LogP contribution in [0.25, 0.3) is 0 Å². The smallest absolute Gasteiger partial charge is 0.414 e. The first-order chi connectivity index (χ1) is 8.78. The molecule has 0 aromatic heterocycles. The summed E-state index contributed by atoms with van der Waals surface area (Å²) in [6, 6.07) is 5.36. The molecule has 0 radical (unpaired) electrons. The molecule has 0 saturated carbocycles. The number of hydrogen-bond acceptors (Lipinski definition) is 5. The number of ether oxygens (including phenoxy) is 2. The molecule has 94 valence electrons. The van der Waals surface area contributed by atoms with Crippen molar-refractivity contribution in [2.45, 2.75) is 6.10 Å². The van der Waals surface area contributed by atoms with Gasteiger partial charge in [0, 0.05) is 11.9 Å². The molecular formula is C12H12N2O4. The normalized spacial score (nSPS) is 21.1. The summed E-state index contributed by atoms with van der Waals surface area (Å²) < 4.78 is 10.3. The standard InChI is InChI=1S/C12H12N2O4/c15-7-9-6-14(12(16)18-9)8-1-2-11-10(5-8)13-3-4-17-11/h1-5,9,13,15H,6-7H2/t9-/m0/s1. The summed E-state index contributed by atoms with van der Waals surface area (Å²) in [5.41, 5.74) is 1.50. The highest BCUT2D eigenvalue weighted by atomic mass is 16.6. The number of carbonyl (C=O) groups is 1. The van der Waals surface area contributed by atoms with Gasteiger partial charge in [0.25, 0.3) is 0 Å². The minimum absolute atomic E-state index is 0.169. The second-order valence-electron chi connectivity index (χ2n) is 4.04. The van der Waals surface area contributed by atoms with Crippen LogP contribution in [-0.2, 0) is 4.74 Å². The number of aliphatic hydroxyl groups excluding tert-OH is 1. The molecule has 6 heteroatoms. The highest BCUT2D eigenvalue weighted by Crippen LogP contribution is 2.33. The fourth-order valence-corrected chi connectivity index (χ4v) is 1.96. The van der Waals surface area contributed by atoms with E-state index in [1.165, 1.54) is 4.90 Å². The fourth-order valence-electron chi connectivity index (χ4n) is 1.96. The van der Waals surface area contributed by atoms with Crippen molar-refractivity contribution in [3.8, 4) is 5.75 Å². The summed E-state index contributed by atoms with van der Waals surface area (Å²) in [5, 5.41) is 12.0. The second kappa shape index (κ2) is 4.23. The molecule has 1 fully saturated rings. The van der Waals surface area contributed by atoms with Gasteiger partial charge < -0.3 is 19.9 Å². The Morgan fingerprint density at radius 2 is 2.39 bits per heavy atom. The number of amides is 1. The van der Waals surface area contributed by atoms with Crippen LogP contribution < -0.4 is 15.0 Å². The first kappa shape index (κ1) is 10.9. The van der Waals surface area contributed by atoms with Gasteiger partial charge in [0.2, 0.25) is 0 Å². The predicted octanol–water partition coefficient (Wildman–Crippen LogP) is 1.28. The van der Waals surface area contributed by atoms with E-state index < -0.39 is 12.2 Å². The molecule has 0 aliphatic carbocycles. The van der Waals surface area contributed by atoms with E-state index in [-0.39, 0.29) is 6.61 Å². The number of benzene rings is 1. The highest BCUT2D eigenvalue weighted by Gasteiger charge is 2.32. The maximum Gasteiger partial charge on any atom is 0.414 e. The van der Waals surface area contributed by atoms with Gasteiger partial charge in [0.1, 0.15) is 18.1 Å². The maximum absolute atomic E-state index is 11.6. The number of hydrogen-bond donors (Lipinski definition) is 2. The van der Waals surface area contributed by atoms with Gasteiger partial charge in [0.15, 0.2) is 0 Å². The van der Waals surface area contributed by atoms with Gasteiger partial charge in [-0.05, 0) is 18.2 Å². The average Bonchev–Trinajstić information content (AvgIpc) is 2.79. The van der Waals surface area contributed by atoms with Gasteiger partial charge in [-0.25, -0.2) is 4.79 Å². The minimum Gasteiger partial charge on any atom is -0.461 e. The van der Waals surface area contributed by atoms with Crippen LogP contribution >= 0.6 is 0 Å². The lowest BCUT2D eigenvalue weighted by molar-refractivity contribution is 0.0963. The number of cyclic esters (lactones) is 1. The second-order valence-corrected chi connectivity index (χ2v) is 4.04. The van der Waals surface area contributed by atoms with E-state index in [1.807, 2.05) is 0 Å². The Balaban J connectivity index is 1.87. The molecule has 3 rings (SSSR count). The van der Waals surface area contributed by atoms with E-state index in [0.29, 0.717) is 18.0 Å². The molecule has 0 spiro atoms. The van der Waals surface area contributed by atoms with Crippen molar-refractivity contribution in [2.24, 2.45) is 0 Å². The van der Waals surface area contributed by atoms with Crippen molar-refractivity contribution < 1.29 is 19.4 Å². The summed E-state index contributed by atoms with van der Waals surface area (Å²) in [6.45, 7) is 0.183. The Bertz CT molecular complexity index is 515. The first-order valence-corrected chi connectivity index (χ1v) is 5.59. The number of carbonyl (C=O) groups excluding carboxylic acids is 1. The van der Waals surface area contributed by atoms with Crippen molar-refractivity contribution in [1.29, 1.82) is 0 Å². The molecule has 0 unspecified atom stereocenters. The minimum atomic E-state index is -0.461. The molecule has 1 aromatic carbocycles. The van der Waals surface area contributed by atoms with Crippen LogP contribution in [-0.4, -0.2) is 30.5 Å². The number of aliphatic hydroxyl groups is 1. The molecule has 2 heterocycles. The molecule has 1 amide bonds. The third-order valence-electron chi connectivity index (χ3n) is 2.85. The molecule has 2 N–H and O–H groups in total. The summed E-state index contributed by atoms with van der Waals surface area (Å²) in [7, 11) is 0. The van der Waals surface area contributed by atoms with E-state index in [4.69, 9.17) is 14.6 Å². The van der Waals surface area contributed by atoms with Crippen molar-refractivity contribution in [3.63, 3.8) is 0 Å². The Morgan fingerprint density at radius 3 is 3.17 bits per heavy atom. The van der Waals surface area contributed by atoms with Crippen molar-refractivity contribution in [2.75, 3.05) is 23.4 Å². The zero-order valence-electron chi connectivity index (χ0n) is 9.50. The Labute approximate surface area is 103 Å². The lowest BCUT2D eigenvalue weighted by Gasteiger charge is -2.18. The first-order valence-electron chi connectivity index (χ1n) is 5.59. The Morgan fingerprint density at radius 1 is 1.50 bits per heavy atom. The van der Waals surface area contributed by atoms with E-state index >= 15 is 0 Å². The number of nitrogens with zero attached hydrogens (tertiary/aromatic N) is 1. The molecule has 0 bridgehead atoms. The third kappa shape index (κ3) is 1.76. The number of rotatable bonds is 2. The van der Waals surface area contributed by atoms with Gasteiger partial charge in [-0.3, -0.25) is 4.90 Å². The zero-order valence-corrected chi connectivity index (χ0v) is 9.50. The number of nitrogens with one attached hydrogen (secondary N) is 1.